The Morgan fingerprint density at radius 3 is 2.29 bits per heavy atom. The van der Waals surface area contributed by atoms with Crippen molar-refractivity contribution in [3.05, 3.63) is 78.1 Å². The van der Waals surface area contributed by atoms with Crippen molar-refractivity contribution >= 4 is 5.91 Å². The number of benzene rings is 2. The number of aryl methyl sites for hydroxylation is 1. The molecule has 2 aromatic carbocycles. The maximum atomic E-state index is 12.6. The van der Waals surface area contributed by atoms with E-state index in [1.165, 1.54) is 0 Å². The Hall–Kier alpha value is -2.88. The summed E-state index contributed by atoms with van der Waals surface area (Å²) in [5, 5.41) is 4.42. The Morgan fingerprint density at radius 2 is 1.67 bits per heavy atom. The number of hydrogen-bond donors (Lipinski definition) is 0. The van der Waals surface area contributed by atoms with Crippen LogP contribution in [0.3, 0.4) is 0 Å². The Kier molecular flexibility index (Phi) is 4.75. The van der Waals surface area contributed by atoms with Crippen molar-refractivity contribution in [2.75, 3.05) is 7.05 Å². The third kappa shape index (κ3) is 3.54. The van der Waals surface area contributed by atoms with Crippen LogP contribution in [0.2, 0.25) is 0 Å². The second-order valence-corrected chi connectivity index (χ2v) is 5.77. The van der Waals surface area contributed by atoms with E-state index >= 15 is 0 Å². The van der Waals surface area contributed by atoms with Gasteiger partial charge in [0.25, 0.3) is 5.91 Å². The molecule has 0 aliphatic carbocycles. The average molecular weight is 319 g/mol. The summed E-state index contributed by atoms with van der Waals surface area (Å²) in [5.41, 5.74) is 3.84. The zero-order chi connectivity index (χ0) is 16.9. The Morgan fingerprint density at radius 1 is 1.00 bits per heavy atom. The van der Waals surface area contributed by atoms with Crippen LogP contribution in [0.5, 0.6) is 0 Å². The molecule has 4 heteroatoms. The minimum atomic E-state index is 0.000611. The summed E-state index contributed by atoms with van der Waals surface area (Å²) in [4.78, 5) is 14.3. The van der Waals surface area contributed by atoms with Crippen LogP contribution >= 0.6 is 0 Å². The van der Waals surface area contributed by atoms with Gasteiger partial charge in [-0.25, -0.2) is 0 Å². The molecular weight excluding hydrogens is 298 g/mol. The quantitative estimate of drug-likeness (QED) is 0.716. The van der Waals surface area contributed by atoms with Crippen molar-refractivity contribution in [1.82, 2.24) is 14.7 Å². The third-order valence-electron chi connectivity index (χ3n) is 4.00. The lowest BCUT2D eigenvalue weighted by atomic mass is 10.0. The molecule has 1 heterocycles. The smallest absolute Gasteiger partial charge is 0.253 e. The molecule has 0 aliphatic heterocycles. The van der Waals surface area contributed by atoms with Crippen LogP contribution in [0.25, 0.3) is 11.1 Å². The summed E-state index contributed by atoms with van der Waals surface area (Å²) < 4.78 is 1.86. The van der Waals surface area contributed by atoms with Gasteiger partial charge < -0.3 is 4.90 Å². The maximum Gasteiger partial charge on any atom is 0.253 e. The van der Waals surface area contributed by atoms with Gasteiger partial charge in [0, 0.05) is 25.4 Å². The summed E-state index contributed by atoms with van der Waals surface area (Å²) in [6.45, 7) is 3.38. The fraction of sp³-hybridized carbons (Fsp3) is 0.200. The van der Waals surface area contributed by atoms with Gasteiger partial charge in [-0.2, -0.15) is 5.10 Å². The fourth-order valence-electron chi connectivity index (χ4n) is 2.64. The number of carbonyl (C=O) groups is 1. The van der Waals surface area contributed by atoms with Crippen molar-refractivity contribution in [2.24, 2.45) is 0 Å². The molecule has 0 atom stereocenters. The van der Waals surface area contributed by atoms with Gasteiger partial charge in [0.05, 0.1) is 12.2 Å². The lowest BCUT2D eigenvalue weighted by Gasteiger charge is -2.16. The molecule has 0 radical (unpaired) electrons. The van der Waals surface area contributed by atoms with Crippen LogP contribution in [-0.2, 0) is 13.1 Å². The zero-order valence-corrected chi connectivity index (χ0v) is 14.0. The van der Waals surface area contributed by atoms with Crippen molar-refractivity contribution in [1.29, 1.82) is 0 Å². The predicted octanol–water partition coefficient (Wildman–Crippen LogP) is 3.84. The first kappa shape index (κ1) is 16.0. The molecule has 1 amide bonds. The lowest BCUT2D eigenvalue weighted by Crippen LogP contribution is -2.26. The van der Waals surface area contributed by atoms with E-state index in [2.05, 4.69) is 17.2 Å². The zero-order valence-electron chi connectivity index (χ0n) is 14.0. The molecule has 24 heavy (non-hydrogen) atoms. The number of carbonyl (C=O) groups excluding carboxylic acids is 1. The molecule has 0 N–H and O–H groups in total. The van der Waals surface area contributed by atoms with E-state index < -0.39 is 0 Å². The third-order valence-corrected chi connectivity index (χ3v) is 4.00. The van der Waals surface area contributed by atoms with E-state index in [1.54, 1.807) is 11.9 Å². The summed E-state index contributed by atoms with van der Waals surface area (Å²) in [7, 11) is 1.80. The molecule has 3 aromatic rings. The monoisotopic (exact) mass is 319 g/mol. The van der Waals surface area contributed by atoms with Crippen LogP contribution in [0.1, 0.15) is 23.0 Å². The number of aromatic nitrogens is 2. The summed E-state index contributed by atoms with van der Waals surface area (Å²) in [6, 6.07) is 19.8. The molecule has 0 saturated heterocycles. The van der Waals surface area contributed by atoms with Crippen LogP contribution < -0.4 is 0 Å². The van der Waals surface area contributed by atoms with Crippen molar-refractivity contribution < 1.29 is 4.79 Å². The summed E-state index contributed by atoms with van der Waals surface area (Å²) in [6.07, 6.45) is 1.93. The second-order valence-electron chi connectivity index (χ2n) is 5.77. The molecule has 3 rings (SSSR count). The minimum Gasteiger partial charge on any atom is -0.336 e. The highest BCUT2D eigenvalue weighted by Crippen LogP contribution is 2.19. The fourth-order valence-corrected chi connectivity index (χ4v) is 2.64. The highest BCUT2D eigenvalue weighted by molar-refractivity contribution is 5.94. The highest BCUT2D eigenvalue weighted by Gasteiger charge is 2.13. The van der Waals surface area contributed by atoms with E-state index in [1.807, 2.05) is 66.3 Å². The normalized spacial score (nSPS) is 10.6. The standard InChI is InChI=1S/C20H21N3O/c1-3-23-14-13-19(21-23)15-22(2)20(24)18-11-9-17(10-12-18)16-7-5-4-6-8-16/h4-14H,3,15H2,1-2H3. The maximum absolute atomic E-state index is 12.6. The van der Waals surface area contributed by atoms with E-state index in [0.717, 1.165) is 23.4 Å². The highest BCUT2D eigenvalue weighted by atomic mass is 16.2. The van der Waals surface area contributed by atoms with Gasteiger partial charge in [-0.3, -0.25) is 9.48 Å². The second kappa shape index (κ2) is 7.13. The largest absolute Gasteiger partial charge is 0.336 e. The van der Waals surface area contributed by atoms with Gasteiger partial charge in [-0.15, -0.1) is 0 Å². The molecule has 0 unspecified atom stereocenters. The molecule has 1 aromatic heterocycles. The molecule has 0 aliphatic rings. The van der Waals surface area contributed by atoms with Crippen molar-refractivity contribution in [2.45, 2.75) is 20.0 Å². The first-order chi connectivity index (χ1) is 11.7. The van der Waals surface area contributed by atoms with Crippen LogP contribution in [0.4, 0.5) is 0 Å². The van der Waals surface area contributed by atoms with Crippen LogP contribution in [0.15, 0.2) is 66.9 Å². The Balaban J connectivity index is 1.70. The van der Waals surface area contributed by atoms with Gasteiger partial charge in [0.15, 0.2) is 0 Å². The van der Waals surface area contributed by atoms with Crippen molar-refractivity contribution in [3.63, 3.8) is 0 Å². The topological polar surface area (TPSA) is 38.1 Å². The molecule has 122 valence electrons. The SMILES string of the molecule is CCn1ccc(CN(C)C(=O)c2ccc(-c3ccccc3)cc2)n1. The van der Waals surface area contributed by atoms with Gasteiger partial charge in [-0.05, 0) is 36.2 Å². The van der Waals surface area contributed by atoms with Crippen LogP contribution in [-0.4, -0.2) is 27.6 Å². The average Bonchev–Trinajstić information content (AvgIpc) is 3.09. The molecular formula is C20H21N3O. The number of amides is 1. The summed E-state index contributed by atoms with van der Waals surface area (Å²) in [5.74, 6) is 0.000611. The number of rotatable bonds is 5. The van der Waals surface area contributed by atoms with E-state index in [0.29, 0.717) is 12.1 Å². The molecule has 4 nitrogen and oxygen atoms in total. The van der Waals surface area contributed by atoms with Gasteiger partial charge in [0.1, 0.15) is 0 Å². The van der Waals surface area contributed by atoms with Gasteiger partial charge >= 0.3 is 0 Å². The van der Waals surface area contributed by atoms with Gasteiger partial charge in [-0.1, -0.05) is 42.5 Å². The van der Waals surface area contributed by atoms with E-state index in [4.69, 9.17) is 0 Å². The van der Waals surface area contributed by atoms with Crippen LogP contribution in [0, 0.1) is 0 Å². The number of nitrogens with zero attached hydrogens (tertiary/aromatic N) is 3. The molecule has 0 spiro atoms. The summed E-state index contributed by atoms with van der Waals surface area (Å²) >= 11 is 0. The minimum absolute atomic E-state index is 0.000611. The molecule has 0 bridgehead atoms. The first-order valence-electron chi connectivity index (χ1n) is 8.10. The number of hydrogen-bond acceptors (Lipinski definition) is 2. The Bertz CT molecular complexity index is 806. The van der Waals surface area contributed by atoms with E-state index in [9.17, 15) is 4.79 Å². The van der Waals surface area contributed by atoms with E-state index in [-0.39, 0.29) is 5.91 Å². The predicted molar refractivity (Wildman–Crippen MR) is 95.6 cm³/mol. The van der Waals surface area contributed by atoms with Gasteiger partial charge in [0.2, 0.25) is 0 Å². The first-order valence-corrected chi connectivity index (χ1v) is 8.10. The molecule has 0 saturated carbocycles. The lowest BCUT2D eigenvalue weighted by molar-refractivity contribution is 0.0783. The van der Waals surface area contributed by atoms with Crippen molar-refractivity contribution in [3.8, 4) is 11.1 Å². The molecule has 0 fully saturated rings. The Labute approximate surface area is 142 Å².